The summed E-state index contributed by atoms with van der Waals surface area (Å²) in [7, 11) is -4.82. The molecule has 11 N–H and O–H groups in total. The molecule has 6 heterocycles. The Balaban J connectivity index is 0.000000359. The van der Waals surface area contributed by atoms with Crippen LogP contribution in [0.5, 0.6) is 0 Å². The number of ether oxygens (including phenoxy) is 4. The summed E-state index contributed by atoms with van der Waals surface area (Å²) in [6.45, 7) is 41.0. The van der Waals surface area contributed by atoms with Crippen LogP contribution in [-0.4, -0.2) is 139 Å². The van der Waals surface area contributed by atoms with Crippen LogP contribution in [0.15, 0.2) is 22.2 Å². The van der Waals surface area contributed by atoms with Gasteiger partial charge in [0.2, 0.25) is 23.7 Å². The molecule has 29 heteroatoms. The number of anilines is 2. The number of aliphatic hydroxyl groups excluding tert-OH is 1. The topological polar surface area (TPSA) is 396 Å². The maximum absolute atomic E-state index is 12.6. The van der Waals surface area contributed by atoms with Gasteiger partial charge < -0.3 is 64.2 Å². The van der Waals surface area contributed by atoms with Gasteiger partial charge in [0, 0.05) is 11.8 Å². The summed E-state index contributed by atoms with van der Waals surface area (Å²) in [4.78, 5) is 94.2. The summed E-state index contributed by atoms with van der Waals surface area (Å²) in [6.07, 6.45) is -8.02. The lowest BCUT2D eigenvalue weighted by Gasteiger charge is -2.41. The highest BCUT2D eigenvalue weighted by atomic mass is 28.4. The van der Waals surface area contributed by atoms with E-state index in [-0.39, 0.29) is 79.0 Å². The van der Waals surface area contributed by atoms with E-state index >= 15 is 0 Å². The van der Waals surface area contributed by atoms with Gasteiger partial charge >= 0.3 is 0 Å². The minimum absolute atomic E-state index is 0.00478. The summed E-state index contributed by atoms with van der Waals surface area (Å²) < 4.78 is 38.2. The van der Waals surface area contributed by atoms with Gasteiger partial charge in [-0.2, -0.15) is 9.97 Å². The largest absolute Gasteiger partial charge is 0.539 e. The average molecular weight is 1170 g/mol. The maximum Gasteiger partial charge on any atom is 0.280 e. The van der Waals surface area contributed by atoms with Gasteiger partial charge in [0.1, 0.15) is 18.3 Å². The fourth-order valence-electron chi connectivity index (χ4n) is 7.00. The predicted molar refractivity (Wildman–Crippen MR) is 298 cm³/mol. The first kappa shape index (κ1) is 68.6. The Morgan fingerprint density at radius 3 is 1.24 bits per heavy atom. The SMILES string of the molecule is CC(C)(C)[NH3+].CC(C)(C)[NH3+].CC(C)C(=O)Nc1nc2c(ncn2[C@@H]2O[C@H](CO)[C@H](O[Si](C)(C)C(C)(C)C)C2OC(=O)[O-])c(=O)[nH]1.CC[C@H]1O[C@@H](n2cnc3c(=O)[nH]c(NC(=O)C(C)C)nc32)C(OC(=O)[O-])[C@H]1O[Si](C)(C)C(C)(C)C. The summed E-state index contributed by atoms with van der Waals surface area (Å²) in [5, 5.41) is 37.8. The van der Waals surface area contributed by atoms with Crippen LogP contribution in [0.3, 0.4) is 0 Å². The van der Waals surface area contributed by atoms with Gasteiger partial charge in [0.15, 0.2) is 51.4 Å². The summed E-state index contributed by atoms with van der Waals surface area (Å²) in [5.74, 6) is -1.55. The zero-order valence-corrected chi connectivity index (χ0v) is 52.6. The lowest BCUT2D eigenvalue weighted by molar-refractivity contribution is -0.459. The maximum atomic E-state index is 12.6. The van der Waals surface area contributed by atoms with E-state index in [4.69, 9.17) is 27.8 Å². The van der Waals surface area contributed by atoms with Crippen LogP contribution < -0.4 is 43.4 Å². The fraction of sp³-hybridized carbons (Fsp3) is 0.725. The monoisotopic (exact) mass is 1170 g/mol. The van der Waals surface area contributed by atoms with Crippen molar-refractivity contribution in [1.82, 2.24) is 39.0 Å². The third-order valence-corrected chi connectivity index (χ3v) is 22.0. The minimum atomic E-state index is -2.46. The number of aromatic nitrogens is 8. The molecular formula is C51H90N12O15Si2. The van der Waals surface area contributed by atoms with Crippen molar-refractivity contribution in [3.05, 3.63) is 33.4 Å². The molecule has 0 saturated carbocycles. The molecule has 80 heavy (non-hydrogen) atoms. The van der Waals surface area contributed by atoms with E-state index in [0.29, 0.717) is 6.42 Å². The Morgan fingerprint density at radius 1 is 0.650 bits per heavy atom. The van der Waals surface area contributed by atoms with Crippen LogP contribution in [0.1, 0.15) is 137 Å². The number of H-pyrrole nitrogens is 2. The quantitative estimate of drug-likeness (QED) is 0.0705. The molecular weight excluding hydrogens is 1080 g/mol. The number of hydrogen-bond donors (Lipinski definition) is 7. The Hall–Kier alpha value is -5.67. The molecule has 4 aromatic rings. The molecule has 27 nitrogen and oxygen atoms in total. The molecule has 0 bridgehead atoms. The van der Waals surface area contributed by atoms with Crippen LogP contribution in [0, 0.1) is 11.8 Å². The molecule has 4 aromatic heterocycles. The number of quaternary nitrogens is 2. The van der Waals surface area contributed by atoms with Gasteiger partial charge in [0.05, 0.1) is 48.7 Å². The van der Waals surface area contributed by atoms with Crippen molar-refractivity contribution in [1.29, 1.82) is 0 Å². The molecule has 6 rings (SSSR count). The number of hydrogen-bond acceptors (Lipinski definition) is 19. The zero-order chi connectivity index (χ0) is 61.6. The Kier molecular flexibility index (Phi) is 22.7. The number of aliphatic hydroxyl groups is 1. The normalized spacial score (nSPS) is 21.7. The van der Waals surface area contributed by atoms with Gasteiger partial charge in [-0.05, 0) is 84.2 Å². The van der Waals surface area contributed by atoms with E-state index < -0.39 is 95.8 Å². The van der Waals surface area contributed by atoms with Crippen LogP contribution in [0.25, 0.3) is 22.3 Å². The Labute approximate surface area is 469 Å². The van der Waals surface area contributed by atoms with Crippen LogP contribution in [-0.2, 0) is 37.4 Å². The Bertz CT molecular complexity index is 2670. The fourth-order valence-corrected chi connectivity index (χ4v) is 9.64. The van der Waals surface area contributed by atoms with Crippen LogP contribution in [0.4, 0.5) is 21.5 Å². The number of carbonyl (C=O) groups excluding carboxylic acids is 4. The molecule has 2 fully saturated rings. The number of fused-ring (bicyclic) bond motifs is 2. The molecule has 2 aliphatic rings. The summed E-state index contributed by atoms with van der Waals surface area (Å²) in [6, 6.07) is 0. The third-order valence-electron chi connectivity index (χ3n) is 13.0. The van der Waals surface area contributed by atoms with Crippen molar-refractivity contribution in [3.8, 4) is 0 Å². The molecule has 2 unspecified atom stereocenters. The van der Waals surface area contributed by atoms with Gasteiger partial charge in [0.25, 0.3) is 23.4 Å². The molecule has 0 aromatic carbocycles. The highest BCUT2D eigenvalue weighted by Crippen LogP contribution is 2.44. The van der Waals surface area contributed by atoms with Gasteiger partial charge in [-0.3, -0.25) is 48.9 Å². The smallest absolute Gasteiger partial charge is 0.280 e. The van der Waals surface area contributed by atoms with Gasteiger partial charge in [-0.25, -0.2) is 9.97 Å². The number of nitrogens with zero attached hydrogens (tertiary/aromatic N) is 6. The first-order valence-corrected chi connectivity index (χ1v) is 32.4. The van der Waals surface area contributed by atoms with Crippen molar-refractivity contribution in [3.63, 3.8) is 0 Å². The van der Waals surface area contributed by atoms with Crippen molar-refractivity contribution in [2.45, 2.75) is 221 Å². The standard InChI is InChI=1S/C22H35N5O7Si.C21H33N5O8Si.2C4H11N/c1-9-12-14(34-35(7,8)22(4,5)6)15(33-21(30)31)19(32-12)27-10-23-13-16(27)24-20(26-18(13)29)25-17(28)11(2)3;1-10(2)16(28)24-19-23-15-12(17(29)25-19)22-9-26(15)18-14(33-20(30)31)13(11(8-27)32-18)34-35(6,7)21(3,4)5;2*1-4(2,3)5/h10-12,14-15,19H,9H2,1-8H3,(H,30,31)(H2,24,25,26,28,29);9-11,13-14,18,27H,8H2,1-7H3,(H,30,31)(H2,23,24,25,28,29);2*5H2,1-3H3/t12-,14+,15?,19-;11-,13+,14?,18-;;/m11../s1. The van der Waals surface area contributed by atoms with E-state index in [1.54, 1.807) is 27.7 Å². The van der Waals surface area contributed by atoms with Crippen LogP contribution in [0.2, 0.25) is 36.3 Å². The zero-order valence-electron chi connectivity index (χ0n) is 50.6. The summed E-state index contributed by atoms with van der Waals surface area (Å²) >= 11 is 0. The van der Waals surface area contributed by atoms with E-state index in [0.717, 1.165) is 0 Å². The van der Waals surface area contributed by atoms with E-state index in [9.17, 15) is 44.1 Å². The molecule has 2 aliphatic heterocycles. The second-order valence-corrected chi connectivity index (χ2v) is 35.5. The van der Waals surface area contributed by atoms with Crippen molar-refractivity contribution in [2.75, 3.05) is 17.2 Å². The van der Waals surface area contributed by atoms with E-state index in [1.165, 1.54) is 21.8 Å². The average Bonchev–Trinajstić information content (AvgIpc) is 4.05. The lowest BCUT2D eigenvalue weighted by Crippen LogP contribution is -2.67. The first-order valence-electron chi connectivity index (χ1n) is 26.6. The minimum Gasteiger partial charge on any atom is -0.539 e. The number of aromatic amines is 2. The predicted octanol–water partition coefficient (Wildman–Crippen LogP) is 2.92. The molecule has 0 spiro atoms. The number of carbonyl (C=O) groups is 4. The molecule has 8 atom stereocenters. The second-order valence-electron chi connectivity index (χ2n) is 26.0. The second kappa shape index (κ2) is 26.5. The molecule has 2 amide bonds. The number of nitrogens with one attached hydrogen (secondary N) is 4. The van der Waals surface area contributed by atoms with Crippen molar-refractivity contribution >= 4 is 75.0 Å². The number of carboxylic acid groups (broad SMARTS) is 2. The number of amides is 2. The summed E-state index contributed by atoms with van der Waals surface area (Å²) in [5.41, 5.74) is 6.94. The molecule has 2 saturated heterocycles. The number of imidazole rings is 2. The van der Waals surface area contributed by atoms with Crippen molar-refractivity contribution < 1.29 is 73.8 Å². The van der Waals surface area contributed by atoms with E-state index in [1.807, 2.05) is 40.8 Å². The first-order chi connectivity index (χ1) is 36.3. The Morgan fingerprint density at radius 2 is 0.963 bits per heavy atom. The molecule has 0 aliphatic carbocycles. The molecule has 0 radical (unpaired) electrons. The number of rotatable bonds is 14. The van der Waals surface area contributed by atoms with Crippen LogP contribution >= 0.6 is 0 Å². The highest BCUT2D eigenvalue weighted by molar-refractivity contribution is 6.74. The lowest BCUT2D eigenvalue weighted by atomic mass is 10.1. The molecule has 452 valence electrons. The highest BCUT2D eigenvalue weighted by Gasteiger charge is 2.52. The third kappa shape index (κ3) is 18.7. The van der Waals surface area contributed by atoms with Gasteiger partial charge in [-0.1, -0.05) is 76.2 Å². The van der Waals surface area contributed by atoms with Crippen molar-refractivity contribution in [2.24, 2.45) is 11.8 Å². The van der Waals surface area contributed by atoms with Gasteiger partial charge in [-0.15, -0.1) is 0 Å². The van der Waals surface area contributed by atoms with E-state index in [2.05, 4.69) is 127 Å².